The highest BCUT2D eigenvalue weighted by atomic mass is 32.2. The van der Waals surface area contributed by atoms with E-state index in [1.807, 2.05) is 23.1 Å². The van der Waals surface area contributed by atoms with Gasteiger partial charge in [0.2, 0.25) is 0 Å². The van der Waals surface area contributed by atoms with Gasteiger partial charge < -0.3 is 4.90 Å². The van der Waals surface area contributed by atoms with Crippen molar-refractivity contribution < 1.29 is 0 Å². The van der Waals surface area contributed by atoms with E-state index in [-0.39, 0.29) is 0 Å². The summed E-state index contributed by atoms with van der Waals surface area (Å²) < 4.78 is 0. The Labute approximate surface area is 92.0 Å². The maximum atomic E-state index is 4.48. The van der Waals surface area contributed by atoms with Crippen molar-refractivity contribution in [3.63, 3.8) is 0 Å². The lowest BCUT2D eigenvalue weighted by atomic mass is 9.99. The number of amidine groups is 1. The Morgan fingerprint density at radius 2 is 2.36 bits per heavy atom. The van der Waals surface area contributed by atoms with Crippen molar-refractivity contribution in [3.8, 4) is 0 Å². The Kier molecular flexibility index (Phi) is 2.25. The monoisotopic (exact) mass is 224 g/mol. The fourth-order valence-corrected chi connectivity index (χ4v) is 3.55. The van der Waals surface area contributed by atoms with Crippen LogP contribution in [0.4, 0.5) is 0 Å². The molecular formula is C10H12N2S2. The van der Waals surface area contributed by atoms with E-state index in [0.29, 0.717) is 0 Å². The van der Waals surface area contributed by atoms with Crippen LogP contribution in [0.2, 0.25) is 0 Å². The number of rotatable bonds is 1. The molecule has 0 radical (unpaired) electrons. The molecule has 0 atom stereocenters. The molecule has 0 aliphatic carbocycles. The smallest absolute Gasteiger partial charge is 0.159 e. The van der Waals surface area contributed by atoms with Crippen LogP contribution >= 0.6 is 23.1 Å². The molecule has 74 valence electrons. The molecule has 14 heavy (non-hydrogen) atoms. The third kappa shape index (κ3) is 1.46. The molecule has 3 rings (SSSR count). The van der Waals surface area contributed by atoms with Crippen LogP contribution in [0.1, 0.15) is 10.8 Å². The number of nitrogens with zero attached hydrogens (tertiary/aromatic N) is 2. The summed E-state index contributed by atoms with van der Waals surface area (Å²) in [6.45, 7) is 3.36. The molecular weight excluding hydrogens is 212 g/mol. The minimum atomic E-state index is 0.763. The fourth-order valence-electron chi connectivity index (χ4n) is 1.85. The molecule has 0 saturated carbocycles. The first kappa shape index (κ1) is 8.80. The SMILES string of the molecule is c1csc(C2CN(C3=NCCS3)C2)c1. The van der Waals surface area contributed by atoms with Crippen LogP contribution in [-0.4, -0.2) is 35.5 Å². The Morgan fingerprint density at radius 3 is 3.00 bits per heavy atom. The topological polar surface area (TPSA) is 15.6 Å². The molecule has 1 saturated heterocycles. The Bertz CT molecular complexity index is 339. The van der Waals surface area contributed by atoms with Crippen LogP contribution in [0.3, 0.4) is 0 Å². The van der Waals surface area contributed by atoms with Gasteiger partial charge in [-0.25, -0.2) is 0 Å². The second kappa shape index (κ2) is 3.59. The van der Waals surface area contributed by atoms with Gasteiger partial charge in [0.25, 0.3) is 0 Å². The van der Waals surface area contributed by atoms with Gasteiger partial charge in [0.1, 0.15) is 0 Å². The minimum Gasteiger partial charge on any atom is -0.350 e. The summed E-state index contributed by atoms with van der Waals surface area (Å²) in [5.41, 5.74) is 0. The molecule has 0 amide bonds. The average Bonchev–Trinajstić information content (AvgIpc) is 2.71. The Balaban J connectivity index is 1.61. The molecule has 0 unspecified atom stereocenters. The van der Waals surface area contributed by atoms with Gasteiger partial charge >= 0.3 is 0 Å². The van der Waals surface area contributed by atoms with Crippen LogP contribution in [-0.2, 0) is 0 Å². The van der Waals surface area contributed by atoms with Gasteiger partial charge in [-0.05, 0) is 11.4 Å². The van der Waals surface area contributed by atoms with Crippen molar-refractivity contribution in [2.75, 3.05) is 25.4 Å². The van der Waals surface area contributed by atoms with Crippen molar-refractivity contribution in [2.45, 2.75) is 5.92 Å². The van der Waals surface area contributed by atoms with E-state index in [0.717, 1.165) is 12.5 Å². The maximum Gasteiger partial charge on any atom is 0.159 e. The number of thioether (sulfide) groups is 1. The van der Waals surface area contributed by atoms with E-state index in [9.17, 15) is 0 Å². The maximum absolute atomic E-state index is 4.48. The molecule has 3 heterocycles. The normalized spacial score (nSPS) is 22.3. The summed E-state index contributed by atoms with van der Waals surface area (Å²) in [5, 5.41) is 3.44. The first-order chi connectivity index (χ1) is 6.93. The van der Waals surface area contributed by atoms with Crippen molar-refractivity contribution in [1.29, 1.82) is 0 Å². The van der Waals surface area contributed by atoms with E-state index in [1.54, 1.807) is 0 Å². The Hall–Kier alpha value is -0.480. The zero-order chi connectivity index (χ0) is 9.38. The zero-order valence-electron chi connectivity index (χ0n) is 7.85. The molecule has 0 aromatic carbocycles. The summed E-state index contributed by atoms with van der Waals surface area (Å²) in [6.07, 6.45) is 0. The minimum absolute atomic E-state index is 0.763. The highest BCUT2D eigenvalue weighted by Crippen LogP contribution is 2.32. The van der Waals surface area contributed by atoms with E-state index in [4.69, 9.17) is 0 Å². The molecule has 2 nitrogen and oxygen atoms in total. The van der Waals surface area contributed by atoms with Gasteiger partial charge in [-0.2, -0.15) is 0 Å². The van der Waals surface area contributed by atoms with Gasteiger partial charge in [-0.1, -0.05) is 17.8 Å². The lowest BCUT2D eigenvalue weighted by Gasteiger charge is -2.39. The molecule has 2 aliphatic heterocycles. The second-order valence-corrected chi connectivity index (χ2v) is 5.67. The van der Waals surface area contributed by atoms with Crippen LogP contribution in [0.15, 0.2) is 22.5 Å². The molecule has 0 spiro atoms. The largest absolute Gasteiger partial charge is 0.350 e. The number of aliphatic imine (C=N–C) groups is 1. The molecule has 1 fully saturated rings. The van der Waals surface area contributed by atoms with Gasteiger partial charge in [0, 0.05) is 29.6 Å². The number of hydrogen-bond acceptors (Lipinski definition) is 4. The molecule has 2 aliphatic rings. The molecule has 0 N–H and O–H groups in total. The summed E-state index contributed by atoms with van der Waals surface area (Å²) in [7, 11) is 0. The third-order valence-electron chi connectivity index (χ3n) is 2.67. The van der Waals surface area contributed by atoms with E-state index >= 15 is 0 Å². The number of likely N-dealkylation sites (tertiary alicyclic amines) is 1. The fraction of sp³-hybridized carbons (Fsp3) is 0.500. The first-order valence-electron chi connectivity index (χ1n) is 4.89. The molecule has 1 aromatic heterocycles. The van der Waals surface area contributed by atoms with Crippen molar-refractivity contribution in [1.82, 2.24) is 4.90 Å². The highest BCUT2D eigenvalue weighted by molar-refractivity contribution is 8.14. The van der Waals surface area contributed by atoms with Gasteiger partial charge in [0.05, 0.1) is 6.54 Å². The van der Waals surface area contributed by atoms with E-state index in [1.165, 1.54) is 28.9 Å². The van der Waals surface area contributed by atoms with E-state index < -0.39 is 0 Å². The molecule has 0 bridgehead atoms. The van der Waals surface area contributed by atoms with Crippen LogP contribution in [0.5, 0.6) is 0 Å². The van der Waals surface area contributed by atoms with E-state index in [2.05, 4.69) is 27.4 Å². The lowest BCUT2D eigenvalue weighted by molar-refractivity contribution is 0.261. The van der Waals surface area contributed by atoms with Gasteiger partial charge in [-0.3, -0.25) is 4.99 Å². The van der Waals surface area contributed by atoms with Crippen LogP contribution in [0.25, 0.3) is 0 Å². The Morgan fingerprint density at radius 1 is 1.43 bits per heavy atom. The highest BCUT2D eigenvalue weighted by Gasteiger charge is 2.31. The van der Waals surface area contributed by atoms with Crippen molar-refractivity contribution in [3.05, 3.63) is 22.4 Å². The number of hydrogen-bond donors (Lipinski definition) is 0. The van der Waals surface area contributed by atoms with Crippen LogP contribution < -0.4 is 0 Å². The van der Waals surface area contributed by atoms with Gasteiger partial charge in [-0.15, -0.1) is 11.3 Å². The second-order valence-electron chi connectivity index (χ2n) is 3.63. The predicted molar refractivity (Wildman–Crippen MR) is 63.4 cm³/mol. The number of thiophene rings is 1. The lowest BCUT2D eigenvalue weighted by Crippen LogP contribution is -2.46. The predicted octanol–water partition coefficient (Wildman–Crippen LogP) is 2.25. The molecule has 1 aromatic rings. The third-order valence-corrected chi connectivity index (χ3v) is 4.73. The summed E-state index contributed by atoms with van der Waals surface area (Å²) in [4.78, 5) is 8.42. The first-order valence-corrected chi connectivity index (χ1v) is 6.75. The summed E-state index contributed by atoms with van der Waals surface area (Å²) >= 11 is 3.78. The zero-order valence-corrected chi connectivity index (χ0v) is 9.48. The quantitative estimate of drug-likeness (QED) is 0.727. The summed E-state index contributed by atoms with van der Waals surface area (Å²) in [5.74, 6) is 1.94. The summed E-state index contributed by atoms with van der Waals surface area (Å²) in [6, 6.07) is 4.39. The molecule has 4 heteroatoms. The van der Waals surface area contributed by atoms with Gasteiger partial charge in [0.15, 0.2) is 5.17 Å². The van der Waals surface area contributed by atoms with Crippen LogP contribution in [0, 0.1) is 0 Å². The van der Waals surface area contributed by atoms with Crippen molar-refractivity contribution in [2.24, 2.45) is 4.99 Å². The standard InChI is InChI=1S/C10H12N2S2/c1-2-9(13-4-1)8-6-12(7-8)10-11-3-5-14-10/h1-2,4,8H,3,5-7H2. The van der Waals surface area contributed by atoms with Crippen molar-refractivity contribution >= 4 is 28.3 Å². The average molecular weight is 224 g/mol.